The summed E-state index contributed by atoms with van der Waals surface area (Å²) in [6.45, 7) is 9.08. The third-order valence-corrected chi connectivity index (χ3v) is 5.39. The maximum atomic E-state index is 6.09. The summed E-state index contributed by atoms with van der Waals surface area (Å²) in [4.78, 5) is 7.21. The van der Waals surface area contributed by atoms with E-state index in [0.29, 0.717) is 6.61 Å². The van der Waals surface area contributed by atoms with Gasteiger partial charge in [-0.2, -0.15) is 5.10 Å². The van der Waals surface area contributed by atoms with E-state index >= 15 is 0 Å². The number of nitrogens with zero attached hydrogens (tertiary/aromatic N) is 4. The Morgan fingerprint density at radius 1 is 1.10 bits per heavy atom. The fourth-order valence-electron chi connectivity index (χ4n) is 3.87. The van der Waals surface area contributed by atoms with Crippen molar-refractivity contribution in [3.63, 3.8) is 0 Å². The molecule has 1 aliphatic heterocycles. The van der Waals surface area contributed by atoms with Crippen LogP contribution in [0.4, 0.5) is 0 Å². The summed E-state index contributed by atoms with van der Waals surface area (Å²) in [5, 5.41) is 5.63. The molecule has 0 aliphatic carbocycles. The number of hydrogen-bond donors (Lipinski definition) is 0. The molecule has 3 heterocycles. The predicted molar refractivity (Wildman–Crippen MR) is 113 cm³/mol. The normalized spacial score (nSPS) is 15.0. The highest BCUT2D eigenvalue weighted by Crippen LogP contribution is 2.33. The second-order valence-electron chi connectivity index (χ2n) is 7.40. The maximum absolute atomic E-state index is 6.09. The van der Waals surface area contributed by atoms with Gasteiger partial charge in [0, 0.05) is 37.6 Å². The van der Waals surface area contributed by atoms with Crippen molar-refractivity contribution in [2.75, 3.05) is 46.6 Å². The molecular weight excluding hydrogens is 368 g/mol. The Morgan fingerprint density at radius 3 is 2.66 bits per heavy atom. The van der Waals surface area contributed by atoms with Crippen molar-refractivity contribution in [3.05, 3.63) is 35.5 Å². The molecule has 0 spiro atoms. The average Bonchev–Trinajstić information content (AvgIpc) is 3.02. The molecule has 1 saturated heterocycles. The lowest BCUT2D eigenvalue weighted by atomic mass is 10.1. The van der Waals surface area contributed by atoms with E-state index in [1.807, 2.05) is 36.9 Å². The highest BCUT2D eigenvalue weighted by molar-refractivity contribution is 5.85. The molecule has 0 N–H and O–H groups in total. The highest BCUT2D eigenvalue weighted by atomic mass is 16.5. The van der Waals surface area contributed by atoms with Crippen molar-refractivity contribution < 1.29 is 14.2 Å². The predicted octanol–water partition coefficient (Wildman–Crippen LogP) is 2.97. The number of pyridine rings is 1. The zero-order valence-corrected chi connectivity index (χ0v) is 17.6. The van der Waals surface area contributed by atoms with Crippen molar-refractivity contribution in [1.29, 1.82) is 0 Å². The molecular formula is C22H28N4O3. The minimum absolute atomic E-state index is 0.603. The van der Waals surface area contributed by atoms with Gasteiger partial charge < -0.3 is 14.2 Å². The molecule has 0 bridgehead atoms. The standard InChI is InChI=1S/C22H28N4O3/c1-15-13-18(23-22-21(15)16(2)24-25(22)3)17-5-6-19(27-4)20(14-17)29-12-9-26-7-10-28-11-8-26/h5-6,13-14H,7-12H2,1-4H3. The summed E-state index contributed by atoms with van der Waals surface area (Å²) in [7, 11) is 3.59. The van der Waals surface area contributed by atoms with Crippen LogP contribution in [0.15, 0.2) is 24.3 Å². The number of fused-ring (bicyclic) bond motifs is 1. The fourth-order valence-corrected chi connectivity index (χ4v) is 3.87. The van der Waals surface area contributed by atoms with Crippen LogP contribution in [0.1, 0.15) is 11.3 Å². The van der Waals surface area contributed by atoms with E-state index in [1.165, 1.54) is 5.56 Å². The van der Waals surface area contributed by atoms with E-state index in [-0.39, 0.29) is 0 Å². The lowest BCUT2D eigenvalue weighted by Gasteiger charge is -2.26. The van der Waals surface area contributed by atoms with Gasteiger partial charge in [0.15, 0.2) is 17.1 Å². The second-order valence-corrected chi connectivity index (χ2v) is 7.40. The molecule has 0 atom stereocenters. The Morgan fingerprint density at radius 2 is 1.90 bits per heavy atom. The molecule has 29 heavy (non-hydrogen) atoms. The summed E-state index contributed by atoms with van der Waals surface area (Å²) in [5.41, 5.74) is 4.96. The zero-order chi connectivity index (χ0) is 20.4. The molecule has 154 valence electrons. The number of aryl methyl sites for hydroxylation is 3. The van der Waals surface area contributed by atoms with Gasteiger partial charge in [0.1, 0.15) is 6.61 Å². The fraction of sp³-hybridized carbons (Fsp3) is 0.455. The Bertz CT molecular complexity index is 1010. The number of ether oxygens (including phenoxy) is 3. The van der Waals surface area contributed by atoms with Crippen molar-refractivity contribution >= 4 is 11.0 Å². The largest absolute Gasteiger partial charge is 0.493 e. The van der Waals surface area contributed by atoms with Crippen molar-refractivity contribution in [2.24, 2.45) is 7.05 Å². The van der Waals surface area contributed by atoms with Gasteiger partial charge in [-0.15, -0.1) is 0 Å². The van der Waals surface area contributed by atoms with Crippen LogP contribution in [0.25, 0.3) is 22.3 Å². The van der Waals surface area contributed by atoms with E-state index < -0.39 is 0 Å². The van der Waals surface area contributed by atoms with Gasteiger partial charge in [0.05, 0.1) is 31.7 Å². The lowest BCUT2D eigenvalue weighted by molar-refractivity contribution is 0.0321. The summed E-state index contributed by atoms with van der Waals surface area (Å²) in [6, 6.07) is 8.07. The quantitative estimate of drug-likeness (QED) is 0.638. The SMILES string of the molecule is COc1ccc(-c2cc(C)c3c(C)nn(C)c3n2)cc1OCCN1CCOCC1. The van der Waals surface area contributed by atoms with Crippen LogP contribution in [0, 0.1) is 13.8 Å². The molecule has 0 amide bonds. The van der Waals surface area contributed by atoms with E-state index in [1.54, 1.807) is 7.11 Å². The van der Waals surface area contributed by atoms with E-state index in [0.717, 1.165) is 72.3 Å². The smallest absolute Gasteiger partial charge is 0.161 e. The van der Waals surface area contributed by atoms with Crippen LogP contribution in [0.3, 0.4) is 0 Å². The maximum Gasteiger partial charge on any atom is 0.161 e. The van der Waals surface area contributed by atoms with Crippen LogP contribution in [0.5, 0.6) is 11.5 Å². The summed E-state index contributed by atoms with van der Waals surface area (Å²) in [6.07, 6.45) is 0. The highest BCUT2D eigenvalue weighted by Gasteiger charge is 2.15. The van der Waals surface area contributed by atoms with Crippen LogP contribution >= 0.6 is 0 Å². The van der Waals surface area contributed by atoms with E-state index in [9.17, 15) is 0 Å². The van der Waals surface area contributed by atoms with Gasteiger partial charge >= 0.3 is 0 Å². The van der Waals surface area contributed by atoms with Gasteiger partial charge in [-0.3, -0.25) is 9.58 Å². The molecule has 2 aromatic heterocycles. The number of benzene rings is 1. The first kappa shape index (κ1) is 19.7. The molecule has 7 nitrogen and oxygen atoms in total. The monoisotopic (exact) mass is 396 g/mol. The summed E-state index contributed by atoms with van der Waals surface area (Å²) in [5.74, 6) is 1.46. The van der Waals surface area contributed by atoms with Crippen LogP contribution < -0.4 is 9.47 Å². The van der Waals surface area contributed by atoms with Gasteiger partial charge in [0.2, 0.25) is 0 Å². The number of morpholine rings is 1. The summed E-state index contributed by atoms with van der Waals surface area (Å²) >= 11 is 0. The molecule has 7 heteroatoms. The average molecular weight is 396 g/mol. The lowest BCUT2D eigenvalue weighted by Crippen LogP contribution is -2.38. The Kier molecular flexibility index (Phi) is 5.69. The van der Waals surface area contributed by atoms with Gasteiger partial charge in [-0.1, -0.05) is 0 Å². The Labute approximate surface area is 171 Å². The molecule has 1 aromatic carbocycles. The third kappa shape index (κ3) is 4.06. The molecule has 3 aromatic rings. The first-order chi connectivity index (χ1) is 14.1. The molecule has 1 aliphatic rings. The number of hydrogen-bond acceptors (Lipinski definition) is 6. The summed E-state index contributed by atoms with van der Waals surface area (Å²) < 4.78 is 18.8. The molecule has 1 fully saturated rings. The molecule has 0 saturated carbocycles. The first-order valence-corrected chi connectivity index (χ1v) is 9.99. The van der Waals surface area contributed by atoms with Crippen molar-refractivity contribution in [1.82, 2.24) is 19.7 Å². The molecule has 0 unspecified atom stereocenters. The van der Waals surface area contributed by atoms with Crippen LogP contribution in [-0.4, -0.2) is 66.2 Å². The topological polar surface area (TPSA) is 61.6 Å². The number of methoxy groups -OCH3 is 1. The Balaban J connectivity index is 1.59. The third-order valence-electron chi connectivity index (χ3n) is 5.39. The van der Waals surface area contributed by atoms with Crippen LogP contribution in [0.2, 0.25) is 0 Å². The van der Waals surface area contributed by atoms with Crippen molar-refractivity contribution in [2.45, 2.75) is 13.8 Å². The zero-order valence-electron chi connectivity index (χ0n) is 17.6. The van der Waals surface area contributed by atoms with Gasteiger partial charge in [-0.05, 0) is 43.7 Å². The van der Waals surface area contributed by atoms with E-state index in [4.69, 9.17) is 19.2 Å². The van der Waals surface area contributed by atoms with Gasteiger partial charge in [-0.25, -0.2) is 4.98 Å². The second kappa shape index (κ2) is 8.39. The number of rotatable bonds is 6. The minimum atomic E-state index is 0.603. The Hall–Kier alpha value is -2.64. The van der Waals surface area contributed by atoms with Crippen molar-refractivity contribution in [3.8, 4) is 22.8 Å². The van der Waals surface area contributed by atoms with Crippen LogP contribution in [-0.2, 0) is 11.8 Å². The number of aromatic nitrogens is 3. The van der Waals surface area contributed by atoms with E-state index in [2.05, 4.69) is 23.0 Å². The van der Waals surface area contributed by atoms with Gasteiger partial charge in [0.25, 0.3) is 0 Å². The minimum Gasteiger partial charge on any atom is -0.493 e. The first-order valence-electron chi connectivity index (χ1n) is 9.99. The molecule has 0 radical (unpaired) electrons. The molecule has 4 rings (SSSR count).